The minimum absolute atomic E-state index is 0.0247. The first-order valence-electron chi connectivity index (χ1n) is 9.72. The summed E-state index contributed by atoms with van der Waals surface area (Å²) in [6, 6.07) is 4.08. The molecule has 1 aliphatic heterocycles. The van der Waals surface area contributed by atoms with Crippen LogP contribution in [0.25, 0.3) is 0 Å². The second-order valence-electron chi connectivity index (χ2n) is 8.20. The molecule has 2 N–H and O–H groups in total. The van der Waals surface area contributed by atoms with Crippen LogP contribution in [0.15, 0.2) is 34.8 Å². The molecule has 0 saturated carbocycles. The number of nitrogens with zero attached hydrogens (tertiary/aromatic N) is 1. The van der Waals surface area contributed by atoms with Gasteiger partial charge in [0.25, 0.3) is 11.8 Å². The Balaban J connectivity index is 1.76. The number of nitrogens with one attached hydrogen (secondary N) is 2. The zero-order chi connectivity index (χ0) is 22.2. The first kappa shape index (κ1) is 22.3. The summed E-state index contributed by atoms with van der Waals surface area (Å²) in [5, 5.41) is 8.16. The lowest BCUT2D eigenvalue weighted by atomic mass is 10.0. The van der Waals surface area contributed by atoms with E-state index in [1.807, 2.05) is 45.2 Å². The van der Waals surface area contributed by atoms with E-state index in [4.69, 9.17) is 0 Å². The number of thiazole rings is 1. The Labute approximate surface area is 186 Å². The van der Waals surface area contributed by atoms with Crippen LogP contribution in [0.5, 0.6) is 0 Å². The molecule has 0 unspecified atom stereocenters. The van der Waals surface area contributed by atoms with Crippen LogP contribution in [0.1, 0.15) is 52.8 Å². The van der Waals surface area contributed by atoms with E-state index in [0.717, 1.165) is 28.0 Å². The first-order valence-corrected chi connectivity index (χ1v) is 11.4. The van der Waals surface area contributed by atoms with Crippen molar-refractivity contribution in [1.29, 1.82) is 0 Å². The number of anilines is 2. The third-order valence-corrected chi connectivity index (χ3v) is 7.00. The average Bonchev–Trinajstić information content (AvgIpc) is 2.97. The minimum Gasteiger partial charge on any atom is -0.321 e. The number of aryl methyl sites for hydroxylation is 4. The largest absolute Gasteiger partial charge is 0.321 e. The van der Waals surface area contributed by atoms with Gasteiger partial charge in [0.1, 0.15) is 4.88 Å². The SMILES string of the molecule is CC1=CC(C)(C)SC=C1C(=O)Nc1nc(C)c(C(=O)Nc2c(C)cc(C)cc2C)s1. The molecule has 1 aromatic heterocycles. The van der Waals surface area contributed by atoms with E-state index >= 15 is 0 Å². The van der Waals surface area contributed by atoms with Gasteiger partial charge < -0.3 is 5.32 Å². The summed E-state index contributed by atoms with van der Waals surface area (Å²) in [5.41, 5.74) is 6.17. The number of amides is 2. The van der Waals surface area contributed by atoms with Crippen molar-refractivity contribution in [3.8, 4) is 0 Å². The summed E-state index contributed by atoms with van der Waals surface area (Å²) in [5.74, 6) is -0.427. The van der Waals surface area contributed by atoms with Crippen LogP contribution in [-0.2, 0) is 4.79 Å². The molecule has 1 aromatic carbocycles. The predicted molar refractivity (Wildman–Crippen MR) is 128 cm³/mol. The van der Waals surface area contributed by atoms with Crippen molar-refractivity contribution in [3.63, 3.8) is 0 Å². The summed E-state index contributed by atoms with van der Waals surface area (Å²) in [6.07, 6.45) is 2.09. The monoisotopic (exact) mass is 441 g/mol. The van der Waals surface area contributed by atoms with Gasteiger partial charge >= 0.3 is 0 Å². The fourth-order valence-corrected chi connectivity index (χ4v) is 5.36. The van der Waals surface area contributed by atoms with Gasteiger partial charge in [0.2, 0.25) is 0 Å². The highest BCUT2D eigenvalue weighted by Crippen LogP contribution is 2.36. The molecule has 0 bridgehead atoms. The summed E-state index contributed by atoms with van der Waals surface area (Å²) in [4.78, 5) is 30.5. The second kappa shape index (κ2) is 8.40. The fourth-order valence-electron chi connectivity index (χ4n) is 3.54. The van der Waals surface area contributed by atoms with E-state index < -0.39 is 0 Å². The van der Waals surface area contributed by atoms with Gasteiger partial charge in [0.05, 0.1) is 5.69 Å². The van der Waals surface area contributed by atoms with E-state index in [-0.39, 0.29) is 16.6 Å². The maximum atomic E-state index is 12.9. The Morgan fingerprint density at radius 3 is 2.20 bits per heavy atom. The molecule has 1 aliphatic rings. The molecule has 2 aromatic rings. The van der Waals surface area contributed by atoms with Crippen LogP contribution in [0.4, 0.5) is 10.8 Å². The molecule has 2 amide bonds. The van der Waals surface area contributed by atoms with Crippen molar-refractivity contribution in [1.82, 2.24) is 4.98 Å². The van der Waals surface area contributed by atoms with Gasteiger partial charge in [-0.1, -0.05) is 35.1 Å². The van der Waals surface area contributed by atoms with Crippen molar-refractivity contribution in [2.24, 2.45) is 0 Å². The van der Waals surface area contributed by atoms with Gasteiger partial charge in [-0.3, -0.25) is 14.9 Å². The number of hydrogen-bond donors (Lipinski definition) is 2. The number of thioether (sulfide) groups is 1. The molecule has 7 heteroatoms. The predicted octanol–water partition coefficient (Wildman–Crippen LogP) is 5.92. The zero-order valence-corrected chi connectivity index (χ0v) is 20.0. The molecule has 2 heterocycles. The van der Waals surface area contributed by atoms with Gasteiger partial charge in [-0.25, -0.2) is 4.98 Å². The molecule has 0 spiro atoms. The number of rotatable bonds is 4. The van der Waals surface area contributed by atoms with Crippen LogP contribution in [0.3, 0.4) is 0 Å². The lowest BCUT2D eigenvalue weighted by Gasteiger charge is -2.24. The molecule has 0 fully saturated rings. The van der Waals surface area contributed by atoms with Crippen LogP contribution in [-0.4, -0.2) is 21.5 Å². The lowest BCUT2D eigenvalue weighted by Crippen LogP contribution is -2.20. The highest BCUT2D eigenvalue weighted by Gasteiger charge is 2.25. The van der Waals surface area contributed by atoms with Crippen molar-refractivity contribution in [2.75, 3.05) is 10.6 Å². The summed E-state index contributed by atoms with van der Waals surface area (Å²) in [7, 11) is 0. The van der Waals surface area contributed by atoms with Crippen molar-refractivity contribution >= 4 is 45.7 Å². The Kier molecular flexibility index (Phi) is 6.24. The van der Waals surface area contributed by atoms with Crippen LogP contribution >= 0.6 is 23.1 Å². The molecule has 0 aliphatic carbocycles. The number of carbonyl (C=O) groups is 2. The minimum atomic E-state index is -0.217. The lowest BCUT2D eigenvalue weighted by molar-refractivity contribution is -0.112. The van der Waals surface area contributed by atoms with Crippen molar-refractivity contribution in [2.45, 2.75) is 53.2 Å². The molecule has 0 saturated heterocycles. The summed E-state index contributed by atoms with van der Waals surface area (Å²) >= 11 is 2.80. The maximum absolute atomic E-state index is 12.9. The van der Waals surface area contributed by atoms with E-state index in [2.05, 4.69) is 35.5 Å². The number of aromatic nitrogens is 1. The summed E-state index contributed by atoms with van der Waals surface area (Å²) in [6.45, 7) is 13.9. The fraction of sp³-hybridized carbons (Fsp3) is 0.348. The number of carbonyl (C=O) groups excluding carboxylic acids is 2. The molecule has 3 rings (SSSR count). The van der Waals surface area contributed by atoms with Crippen LogP contribution in [0, 0.1) is 27.7 Å². The second-order valence-corrected chi connectivity index (χ2v) is 10.7. The Hall–Kier alpha value is -2.38. The standard InChI is InChI=1S/C23H27N3O2S2/c1-12-8-13(2)18(14(3)9-12)25-21(28)19-16(5)24-22(30-19)26-20(27)17-11-29-23(6,7)10-15(17)4/h8-11H,1-7H3,(H,25,28)(H,24,26,27). The van der Waals surface area contributed by atoms with Crippen molar-refractivity contribution in [3.05, 3.63) is 62.0 Å². The van der Waals surface area contributed by atoms with Gasteiger partial charge in [-0.15, -0.1) is 11.8 Å². The van der Waals surface area contributed by atoms with Gasteiger partial charge in [0.15, 0.2) is 5.13 Å². The zero-order valence-electron chi connectivity index (χ0n) is 18.4. The topological polar surface area (TPSA) is 71.1 Å². The number of benzene rings is 1. The third kappa shape index (κ3) is 4.84. The molecular formula is C23H27N3O2S2. The normalized spacial score (nSPS) is 15.3. The molecule has 158 valence electrons. The van der Waals surface area contributed by atoms with Gasteiger partial charge in [-0.05, 0) is 70.6 Å². The Morgan fingerprint density at radius 2 is 1.60 bits per heavy atom. The first-order chi connectivity index (χ1) is 14.0. The third-order valence-electron chi connectivity index (χ3n) is 4.85. The van der Waals surface area contributed by atoms with Gasteiger partial charge in [0, 0.05) is 16.0 Å². The molecule has 30 heavy (non-hydrogen) atoms. The van der Waals surface area contributed by atoms with Gasteiger partial charge in [-0.2, -0.15) is 0 Å². The van der Waals surface area contributed by atoms with E-state index in [0.29, 0.717) is 21.3 Å². The highest BCUT2D eigenvalue weighted by molar-refractivity contribution is 8.03. The molecule has 5 nitrogen and oxygen atoms in total. The molecule has 0 atom stereocenters. The highest BCUT2D eigenvalue weighted by atomic mass is 32.2. The number of hydrogen-bond acceptors (Lipinski definition) is 5. The Morgan fingerprint density at radius 1 is 0.967 bits per heavy atom. The smallest absolute Gasteiger partial charge is 0.267 e. The van der Waals surface area contributed by atoms with Crippen molar-refractivity contribution < 1.29 is 9.59 Å². The Bertz CT molecular complexity index is 1070. The van der Waals surface area contributed by atoms with E-state index in [9.17, 15) is 9.59 Å². The van der Waals surface area contributed by atoms with Crippen LogP contribution < -0.4 is 10.6 Å². The average molecular weight is 442 g/mol. The summed E-state index contributed by atoms with van der Waals surface area (Å²) < 4.78 is -0.0247. The maximum Gasteiger partial charge on any atom is 0.267 e. The molecular weight excluding hydrogens is 414 g/mol. The molecule has 0 radical (unpaired) electrons. The van der Waals surface area contributed by atoms with E-state index in [1.165, 1.54) is 11.3 Å². The quantitative estimate of drug-likeness (QED) is 0.617. The van der Waals surface area contributed by atoms with E-state index in [1.54, 1.807) is 18.7 Å². The van der Waals surface area contributed by atoms with Crippen LogP contribution in [0.2, 0.25) is 0 Å².